The van der Waals surface area contributed by atoms with Gasteiger partial charge < -0.3 is 10.2 Å². The third-order valence-electron chi connectivity index (χ3n) is 4.11. The smallest absolute Gasteiger partial charge is 0.318 e. The zero-order chi connectivity index (χ0) is 20.4. The molecule has 2 atom stereocenters. The van der Waals surface area contributed by atoms with E-state index in [-0.39, 0.29) is 0 Å². The Bertz CT molecular complexity index is 922. The Morgan fingerprint density at radius 3 is 2.56 bits per heavy atom. The van der Waals surface area contributed by atoms with E-state index in [9.17, 15) is 27.1 Å². The maximum atomic E-state index is 14.4. The number of aromatic nitrogens is 3. The molecule has 1 aromatic heterocycles. The number of halogens is 2. The first-order valence-electron chi connectivity index (χ1n) is 7.64. The van der Waals surface area contributed by atoms with Gasteiger partial charge in [0, 0.05) is 11.6 Å². The largest absolute Gasteiger partial charge is 0.480 e. The fraction of sp³-hybridized carbons (Fsp3) is 0.400. The number of hydrogen-bond donors (Lipinski definition) is 2. The minimum absolute atomic E-state index is 0.411. The van der Waals surface area contributed by atoms with Crippen molar-refractivity contribution >= 4 is 16.0 Å². The third-order valence-corrected chi connectivity index (χ3v) is 5.40. The average Bonchev–Trinajstić information content (AvgIpc) is 3.03. The molecular weight excluding hydrogens is 386 g/mol. The van der Waals surface area contributed by atoms with Crippen LogP contribution in [0, 0.1) is 11.6 Å². The first-order valence-corrected chi connectivity index (χ1v) is 9.49. The van der Waals surface area contributed by atoms with Crippen molar-refractivity contribution in [3.05, 3.63) is 48.1 Å². The maximum Gasteiger partial charge on any atom is 0.318 e. The summed E-state index contributed by atoms with van der Waals surface area (Å²) in [4.78, 5) is 14.8. The van der Waals surface area contributed by atoms with Crippen molar-refractivity contribution in [3.8, 4) is 0 Å². The van der Waals surface area contributed by atoms with E-state index in [2.05, 4.69) is 10.1 Å². The number of aliphatic carboxylic acids is 1. The third kappa shape index (κ3) is 4.64. The molecule has 148 valence electrons. The number of hydrogen-bond acceptors (Lipinski definition) is 6. The molecule has 0 saturated heterocycles. The van der Waals surface area contributed by atoms with E-state index < -0.39 is 57.9 Å². The van der Waals surface area contributed by atoms with Gasteiger partial charge in [-0.3, -0.25) is 4.79 Å². The number of nitrogens with zero attached hydrogens (tertiary/aromatic N) is 4. The second kappa shape index (κ2) is 7.66. The van der Waals surface area contributed by atoms with E-state index in [0.717, 1.165) is 29.4 Å². The lowest BCUT2D eigenvalue weighted by atomic mass is 9.86. The Morgan fingerprint density at radius 2 is 2.07 bits per heavy atom. The van der Waals surface area contributed by atoms with Crippen molar-refractivity contribution < 1.29 is 32.2 Å². The van der Waals surface area contributed by atoms with E-state index in [4.69, 9.17) is 5.11 Å². The monoisotopic (exact) mass is 404 g/mol. The molecule has 2 rings (SSSR count). The van der Waals surface area contributed by atoms with Crippen LogP contribution in [0.2, 0.25) is 0 Å². The van der Waals surface area contributed by atoms with Crippen LogP contribution in [0.5, 0.6) is 0 Å². The van der Waals surface area contributed by atoms with Gasteiger partial charge in [-0.05, 0) is 13.0 Å². The van der Waals surface area contributed by atoms with Gasteiger partial charge in [0.15, 0.2) is 0 Å². The van der Waals surface area contributed by atoms with Crippen LogP contribution in [-0.2, 0) is 27.0 Å². The highest BCUT2D eigenvalue weighted by molar-refractivity contribution is 7.88. The number of sulfonamides is 1. The number of benzene rings is 1. The van der Waals surface area contributed by atoms with Crippen molar-refractivity contribution in [2.45, 2.75) is 25.1 Å². The van der Waals surface area contributed by atoms with Gasteiger partial charge >= 0.3 is 5.97 Å². The molecule has 0 aliphatic carbocycles. The molecule has 12 heteroatoms. The summed E-state index contributed by atoms with van der Waals surface area (Å²) in [6.45, 7) is -0.186. The second-order valence-corrected chi connectivity index (χ2v) is 7.95. The van der Waals surface area contributed by atoms with E-state index >= 15 is 0 Å². The summed E-state index contributed by atoms with van der Waals surface area (Å²) < 4.78 is 53.6. The minimum Gasteiger partial charge on any atom is -0.480 e. The molecule has 0 amide bonds. The molecule has 0 aliphatic heterocycles. The molecule has 0 bridgehead atoms. The van der Waals surface area contributed by atoms with Crippen molar-refractivity contribution in [3.63, 3.8) is 0 Å². The topological polar surface area (TPSA) is 126 Å². The molecule has 9 nitrogen and oxygen atoms in total. The van der Waals surface area contributed by atoms with E-state index in [1.807, 2.05) is 0 Å². The van der Waals surface area contributed by atoms with Crippen LogP contribution < -0.4 is 0 Å². The molecule has 0 unspecified atom stereocenters. The van der Waals surface area contributed by atoms with Crippen LogP contribution in [0.25, 0.3) is 0 Å². The molecule has 0 radical (unpaired) electrons. The molecule has 2 aromatic rings. The lowest BCUT2D eigenvalue weighted by Crippen LogP contribution is -2.54. The average molecular weight is 404 g/mol. The number of rotatable bonds is 8. The molecule has 1 heterocycles. The van der Waals surface area contributed by atoms with Crippen LogP contribution in [0.4, 0.5) is 8.78 Å². The predicted octanol–water partition coefficient (Wildman–Crippen LogP) is 0.179. The highest BCUT2D eigenvalue weighted by Crippen LogP contribution is 2.33. The molecule has 1 aromatic carbocycles. The number of carboxylic acids is 1. The van der Waals surface area contributed by atoms with Gasteiger partial charge in [0.05, 0.1) is 18.8 Å². The molecule has 0 aliphatic rings. The van der Waals surface area contributed by atoms with Crippen molar-refractivity contribution in [1.82, 2.24) is 19.1 Å². The van der Waals surface area contributed by atoms with Crippen LogP contribution in [-0.4, -0.2) is 62.5 Å². The van der Waals surface area contributed by atoms with Crippen LogP contribution in [0.15, 0.2) is 30.9 Å². The molecule has 27 heavy (non-hydrogen) atoms. The van der Waals surface area contributed by atoms with Gasteiger partial charge in [-0.15, -0.1) is 0 Å². The van der Waals surface area contributed by atoms with Gasteiger partial charge in [-0.2, -0.15) is 9.40 Å². The first kappa shape index (κ1) is 20.9. The number of carbonyl (C=O) groups is 1. The first-order chi connectivity index (χ1) is 12.4. The molecule has 0 saturated carbocycles. The zero-order valence-corrected chi connectivity index (χ0v) is 15.3. The minimum atomic E-state index is -4.10. The fourth-order valence-corrected chi connectivity index (χ4v) is 3.85. The van der Waals surface area contributed by atoms with Crippen LogP contribution >= 0.6 is 0 Å². The Labute approximate surface area is 153 Å². The summed E-state index contributed by atoms with van der Waals surface area (Å²) in [5.41, 5.74) is -2.68. The fourth-order valence-electron chi connectivity index (χ4n) is 2.76. The second-order valence-electron chi connectivity index (χ2n) is 6.02. The van der Waals surface area contributed by atoms with E-state index in [1.165, 1.54) is 13.3 Å². The van der Waals surface area contributed by atoms with Gasteiger partial charge in [-0.25, -0.2) is 26.9 Å². The van der Waals surface area contributed by atoms with Crippen molar-refractivity contribution in [2.75, 3.05) is 12.8 Å². The maximum absolute atomic E-state index is 14.4. The van der Waals surface area contributed by atoms with Gasteiger partial charge in [0.25, 0.3) is 0 Å². The molecule has 0 spiro atoms. The molecule has 0 fully saturated rings. The van der Waals surface area contributed by atoms with Crippen molar-refractivity contribution in [2.24, 2.45) is 0 Å². The summed E-state index contributed by atoms with van der Waals surface area (Å²) in [7, 11) is -4.10. The van der Waals surface area contributed by atoms with Gasteiger partial charge in [0.1, 0.15) is 36.4 Å². The molecule has 2 N–H and O–H groups in total. The normalized spacial score (nSPS) is 15.5. The van der Waals surface area contributed by atoms with E-state index in [0.29, 0.717) is 10.4 Å². The standard InChI is InChI=1S/C15H18F2N4O5S/c1-10(21(6-14(22)23)27(2,25)26)15(24,7-20-9-18-8-19-20)12-4-3-11(16)5-13(12)17/h3-5,8-10,24H,6-7H2,1-2H3,(H,22,23)/t10-,15-/m1/s1. The summed E-state index contributed by atoms with van der Waals surface area (Å²) in [6.07, 6.45) is 3.13. The summed E-state index contributed by atoms with van der Waals surface area (Å²) >= 11 is 0. The predicted molar refractivity (Wildman–Crippen MR) is 88.9 cm³/mol. The Kier molecular flexibility index (Phi) is 5.92. The highest BCUT2D eigenvalue weighted by Gasteiger charge is 2.45. The highest BCUT2D eigenvalue weighted by atomic mass is 32.2. The summed E-state index contributed by atoms with van der Waals surface area (Å²) in [5.74, 6) is -3.47. The number of aliphatic hydroxyl groups is 1. The Morgan fingerprint density at radius 1 is 1.41 bits per heavy atom. The quantitative estimate of drug-likeness (QED) is 0.643. The molecular formula is C15H18F2N4O5S. The summed E-state index contributed by atoms with van der Waals surface area (Å²) in [5, 5.41) is 24.1. The lowest BCUT2D eigenvalue weighted by Gasteiger charge is -2.39. The number of carboxylic acid groups (broad SMARTS) is 1. The lowest BCUT2D eigenvalue weighted by molar-refractivity contribution is -0.138. The van der Waals surface area contributed by atoms with E-state index in [1.54, 1.807) is 0 Å². The SMILES string of the molecule is C[C@@H](N(CC(=O)O)S(C)(=O)=O)[C@](O)(Cn1cncn1)c1ccc(F)cc1F. The summed E-state index contributed by atoms with van der Waals surface area (Å²) in [6, 6.07) is 0.975. The van der Waals surface area contributed by atoms with Crippen LogP contribution in [0.1, 0.15) is 12.5 Å². The zero-order valence-electron chi connectivity index (χ0n) is 14.5. The van der Waals surface area contributed by atoms with Gasteiger partial charge in [0.2, 0.25) is 10.0 Å². The van der Waals surface area contributed by atoms with Crippen LogP contribution in [0.3, 0.4) is 0 Å². The Hall–Kier alpha value is -2.44. The van der Waals surface area contributed by atoms with Gasteiger partial charge in [-0.1, -0.05) is 6.07 Å². The van der Waals surface area contributed by atoms with Crippen molar-refractivity contribution in [1.29, 1.82) is 0 Å². The Balaban J connectivity index is 2.61.